The summed E-state index contributed by atoms with van der Waals surface area (Å²) in [5, 5.41) is 10.4. The second-order valence-electron chi connectivity index (χ2n) is 6.52. The van der Waals surface area contributed by atoms with E-state index < -0.39 is 0 Å². The third-order valence-corrected chi connectivity index (χ3v) is 4.59. The molecule has 0 radical (unpaired) electrons. The van der Waals surface area contributed by atoms with Gasteiger partial charge in [0.1, 0.15) is 0 Å². The first-order valence-electron chi connectivity index (χ1n) is 6.70. The summed E-state index contributed by atoms with van der Waals surface area (Å²) in [5.41, 5.74) is 2.39. The fourth-order valence-electron chi connectivity index (χ4n) is 3.26. The predicted octanol–water partition coefficient (Wildman–Crippen LogP) is 2.45. The lowest BCUT2D eigenvalue weighted by molar-refractivity contribution is -0.131. The molecule has 3 rings (SSSR count). The van der Waals surface area contributed by atoms with Crippen molar-refractivity contribution in [1.82, 2.24) is 0 Å². The molecular weight excluding hydrogens is 262 g/mol. The molecule has 1 N–H and O–H groups in total. The number of aliphatic hydroxyl groups is 1. The Morgan fingerprint density at radius 2 is 2.11 bits per heavy atom. The highest BCUT2D eigenvalue weighted by molar-refractivity contribution is 6.32. The molecule has 0 aromatic heterocycles. The van der Waals surface area contributed by atoms with Crippen LogP contribution in [0, 0.1) is 5.41 Å². The smallest absolute Gasteiger partial charge is 0.0584 e. The molecular formula is C15H20ClNO2. The van der Waals surface area contributed by atoms with Gasteiger partial charge in [-0.3, -0.25) is 0 Å². The molecule has 2 aliphatic heterocycles. The van der Waals surface area contributed by atoms with Crippen molar-refractivity contribution in [3.8, 4) is 0 Å². The van der Waals surface area contributed by atoms with E-state index in [9.17, 15) is 5.11 Å². The Hall–Kier alpha value is -0.770. The van der Waals surface area contributed by atoms with Crippen molar-refractivity contribution in [2.24, 2.45) is 5.41 Å². The molecule has 0 atom stereocenters. The van der Waals surface area contributed by atoms with Crippen molar-refractivity contribution < 1.29 is 9.84 Å². The van der Waals surface area contributed by atoms with E-state index in [1.807, 2.05) is 12.1 Å². The Labute approximate surface area is 119 Å². The Bertz CT molecular complexity index is 491. The lowest BCUT2D eigenvalue weighted by Crippen LogP contribution is -2.53. The van der Waals surface area contributed by atoms with Gasteiger partial charge in [0.2, 0.25) is 0 Å². The SMILES string of the molecule is CC1(C)CN(CC2(CO)COC2)c2cccc(Cl)c21. The van der Waals surface area contributed by atoms with Gasteiger partial charge in [-0.1, -0.05) is 31.5 Å². The summed E-state index contributed by atoms with van der Waals surface area (Å²) in [5.74, 6) is 0. The molecule has 19 heavy (non-hydrogen) atoms. The number of fused-ring (bicyclic) bond motifs is 1. The van der Waals surface area contributed by atoms with Crippen molar-refractivity contribution in [2.75, 3.05) is 37.8 Å². The number of hydrogen-bond donors (Lipinski definition) is 1. The van der Waals surface area contributed by atoms with Gasteiger partial charge in [0, 0.05) is 34.8 Å². The summed E-state index contributed by atoms with van der Waals surface area (Å²) < 4.78 is 5.29. The maximum absolute atomic E-state index is 9.60. The largest absolute Gasteiger partial charge is 0.396 e. The van der Waals surface area contributed by atoms with Crippen LogP contribution in [0.4, 0.5) is 5.69 Å². The molecule has 1 aromatic rings. The van der Waals surface area contributed by atoms with E-state index in [0.717, 1.165) is 18.1 Å². The molecule has 0 spiro atoms. The van der Waals surface area contributed by atoms with Crippen molar-refractivity contribution in [2.45, 2.75) is 19.3 Å². The Morgan fingerprint density at radius 3 is 2.68 bits per heavy atom. The van der Waals surface area contributed by atoms with Crippen LogP contribution in [-0.2, 0) is 10.2 Å². The average Bonchev–Trinajstić information content (AvgIpc) is 2.57. The van der Waals surface area contributed by atoms with Crippen LogP contribution >= 0.6 is 11.6 Å². The van der Waals surface area contributed by atoms with Crippen LogP contribution in [0.3, 0.4) is 0 Å². The molecule has 104 valence electrons. The third kappa shape index (κ3) is 2.04. The first kappa shape index (κ1) is 13.2. The van der Waals surface area contributed by atoms with Gasteiger partial charge in [-0.15, -0.1) is 0 Å². The van der Waals surface area contributed by atoms with Crippen molar-refractivity contribution in [3.05, 3.63) is 28.8 Å². The number of hydrogen-bond acceptors (Lipinski definition) is 3. The van der Waals surface area contributed by atoms with E-state index in [4.69, 9.17) is 16.3 Å². The lowest BCUT2D eigenvalue weighted by atomic mass is 9.86. The van der Waals surface area contributed by atoms with Gasteiger partial charge < -0.3 is 14.7 Å². The second-order valence-corrected chi connectivity index (χ2v) is 6.93. The van der Waals surface area contributed by atoms with E-state index in [0.29, 0.717) is 13.2 Å². The number of halogens is 1. The van der Waals surface area contributed by atoms with Crippen LogP contribution in [0.25, 0.3) is 0 Å². The molecule has 1 fully saturated rings. The molecule has 2 aliphatic rings. The van der Waals surface area contributed by atoms with Gasteiger partial charge in [-0.25, -0.2) is 0 Å². The molecule has 1 aromatic carbocycles. The maximum atomic E-state index is 9.60. The number of benzene rings is 1. The summed E-state index contributed by atoms with van der Waals surface area (Å²) >= 11 is 6.37. The van der Waals surface area contributed by atoms with Crippen LogP contribution in [-0.4, -0.2) is 38.0 Å². The van der Waals surface area contributed by atoms with Gasteiger partial charge in [0.15, 0.2) is 0 Å². The van der Waals surface area contributed by atoms with Gasteiger partial charge in [0.25, 0.3) is 0 Å². The summed E-state index contributed by atoms with van der Waals surface area (Å²) in [6, 6.07) is 6.08. The topological polar surface area (TPSA) is 32.7 Å². The van der Waals surface area contributed by atoms with Crippen LogP contribution in [0.1, 0.15) is 19.4 Å². The average molecular weight is 282 g/mol. The van der Waals surface area contributed by atoms with Crippen LogP contribution in [0.5, 0.6) is 0 Å². The molecule has 0 bridgehead atoms. The maximum Gasteiger partial charge on any atom is 0.0584 e. The molecule has 0 unspecified atom stereocenters. The van der Waals surface area contributed by atoms with Crippen LogP contribution in [0.2, 0.25) is 5.02 Å². The summed E-state index contributed by atoms with van der Waals surface area (Å²) in [6.07, 6.45) is 0. The zero-order valence-electron chi connectivity index (χ0n) is 11.4. The van der Waals surface area contributed by atoms with Crippen molar-refractivity contribution in [1.29, 1.82) is 0 Å². The highest BCUT2D eigenvalue weighted by atomic mass is 35.5. The van der Waals surface area contributed by atoms with Crippen LogP contribution in [0.15, 0.2) is 18.2 Å². The Kier molecular flexibility index (Phi) is 3.04. The van der Waals surface area contributed by atoms with E-state index in [-0.39, 0.29) is 17.4 Å². The quantitative estimate of drug-likeness (QED) is 0.924. The Morgan fingerprint density at radius 1 is 1.37 bits per heavy atom. The lowest BCUT2D eigenvalue weighted by Gasteiger charge is -2.43. The fourth-order valence-corrected chi connectivity index (χ4v) is 3.68. The number of nitrogens with zero attached hydrogens (tertiary/aromatic N) is 1. The number of aliphatic hydroxyl groups excluding tert-OH is 1. The minimum atomic E-state index is -0.0972. The molecule has 1 saturated heterocycles. The minimum absolute atomic E-state index is 0.0505. The molecule has 2 heterocycles. The van der Waals surface area contributed by atoms with Crippen LogP contribution < -0.4 is 4.90 Å². The molecule has 3 nitrogen and oxygen atoms in total. The standard InChI is InChI=1S/C15H20ClNO2/c1-14(2)6-17(7-15(8-18)9-19-10-15)12-5-3-4-11(16)13(12)14/h3-5,18H,6-10H2,1-2H3. The summed E-state index contributed by atoms with van der Waals surface area (Å²) in [7, 11) is 0. The first-order chi connectivity index (χ1) is 8.97. The molecule has 0 aliphatic carbocycles. The second kappa shape index (κ2) is 4.37. The van der Waals surface area contributed by atoms with Crippen molar-refractivity contribution in [3.63, 3.8) is 0 Å². The van der Waals surface area contributed by atoms with Crippen molar-refractivity contribution >= 4 is 17.3 Å². The Balaban J connectivity index is 1.93. The highest BCUT2D eigenvalue weighted by Gasteiger charge is 2.44. The zero-order valence-corrected chi connectivity index (χ0v) is 12.2. The normalized spacial score (nSPS) is 23.1. The van der Waals surface area contributed by atoms with Gasteiger partial charge in [0.05, 0.1) is 25.2 Å². The first-order valence-corrected chi connectivity index (χ1v) is 7.08. The third-order valence-electron chi connectivity index (χ3n) is 4.27. The van der Waals surface area contributed by atoms with E-state index in [1.165, 1.54) is 11.3 Å². The number of ether oxygens (including phenoxy) is 1. The molecule has 0 amide bonds. The fraction of sp³-hybridized carbons (Fsp3) is 0.600. The highest BCUT2D eigenvalue weighted by Crippen LogP contribution is 2.45. The zero-order chi connectivity index (χ0) is 13.7. The molecule has 0 saturated carbocycles. The predicted molar refractivity (Wildman–Crippen MR) is 77.0 cm³/mol. The summed E-state index contributed by atoms with van der Waals surface area (Å²) in [4.78, 5) is 2.35. The number of rotatable bonds is 3. The van der Waals surface area contributed by atoms with Gasteiger partial charge >= 0.3 is 0 Å². The van der Waals surface area contributed by atoms with E-state index >= 15 is 0 Å². The molecule has 4 heteroatoms. The summed E-state index contributed by atoms with van der Waals surface area (Å²) in [6.45, 7) is 7.70. The number of anilines is 1. The monoisotopic (exact) mass is 281 g/mol. The van der Waals surface area contributed by atoms with Gasteiger partial charge in [-0.05, 0) is 12.1 Å². The van der Waals surface area contributed by atoms with E-state index in [1.54, 1.807) is 0 Å². The minimum Gasteiger partial charge on any atom is -0.396 e. The van der Waals surface area contributed by atoms with E-state index in [2.05, 4.69) is 24.8 Å². The van der Waals surface area contributed by atoms with Gasteiger partial charge in [-0.2, -0.15) is 0 Å².